The number of hydrogen-bond donors (Lipinski definition) is 1. The van der Waals surface area contributed by atoms with Gasteiger partial charge in [-0.2, -0.15) is 0 Å². The van der Waals surface area contributed by atoms with E-state index in [2.05, 4.69) is 9.97 Å². The summed E-state index contributed by atoms with van der Waals surface area (Å²) in [5.41, 5.74) is 0.204. The SMILES string of the molecule is CCOc1ncnc(N2CCC(CC)(C(=O)O)C2)c1C. The van der Waals surface area contributed by atoms with Crippen LogP contribution in [0.4, 0.5) is 5.82 Å². The molecule has 0 amide bonds. The van der Waals surface area contributed by atoms with E-state index in [1.165, 1.54) is 6.33 Å². The highest BCUT2D eigenvalue weighted by atomic mass is 16.5. The molecule has 0 aliphatic carbocycles. The molecule has 20 heavy (non-hydrogen) atoms. The van der Waals surface area contributed by atoms with Crippen LogP contribution in [0, 0.1) is 12.3 Å². The van der Waals surface area contributed by atoms with Gasteiger partial charge < -0.3 is 14.7 Å². The van der Waals surface area contributed by atoms with Crippen LogP contribution in [0.1, 0.15) is 32.3 Å². The monoisotopic (exact) mass is 279 g/mol. The second kappa shape index (κ2) is 5.64. The van der Waals surface area contributed by atoms with Crippen molar-refractivity contribution in [3.8, 4) is 5.88 Å². The van der Waals surface area contributed by atoms with Crippen molar-refractivity contribution in [3.05, 3.63) is 11.9 Å². The van der Waals surface area contributed by atoms with Crippen molar-refractivity contribution < 1.29 is 14.6 Å². The Hall–Kier alpha value is -1.85. The maximum atomic E-state index is 11.5. The molecule has 1 aromatic rings. The minimum Gasteiger partial charge on any atom is -0.481 e. The predicted octanol–water partition coefficient (Wildman–Crippen LogP) is 1.87. The first kappa shape index (κ1) is 14.6. The molecule has 6 nitrogen and oxygen atoms in total. The van der Waals surface area contributed by atoms with Gasteiger partial charge in [0.05, 0.1) is 17.6 Å². The Morgan fingerprint density at radius 1 is 1.50 bits per heavy atom. The van der Waals surface area contributed by atoms with E-state index >= 15 is 0 Å². The number of aromatic nitrogens is 2. The Morgan fingerprint density at radius 3 is 2.80 bits per heavy atom. The molecule has 0 spiro atoms. The van der Waals surface area contributed by atoms with E-state index in [0.29, 0.717) is 38.4 Å². The Balaban J connectivity index is 2.26. The fraction of sp³-hybridized carbons (Fsp3) is 0.643. The molecule has 0 bridgehead atoms. The molecular weight excluding hydrogens is 258 g/mol. The smallest absolute Gasteiger partial charge is 0.311 e. The fourth-order valence-corrected chi connectivity index (χ4v) is 2.69. The molecular formula is C14H21N3O3. The highest BCUT2D eigenvalue weighted by Crippen LogP contribution is 2.37. The van der Waals surface area contributed by atoms with Crippen molar-refractivity contribution >= 4 is 11.8 Å². The molecule has 1 aliphatic rings. The van der Waals surface area contributed by atoms with E-state index in [-0.39, 0.29) is 0 Å². The first-order valence-electron chi connectivity index (χ1n) is 6.97. The van der Waals surface area contributed by atoms with E-state index < -0.39 is 11.4 Å². The van der Waals surface area contributed by atoms with E-state index in [9.17, 15) is 9.90 Å². The van der Waals surface area contributed by atoms with Crippen LogP contribution in [0.2, 0.25) is 0 Å². The van der Waals surface area contributed by atoms with E-state index in [4.69, 9.17) is 4.74 Å². The van der Waals surface area contributed by atoms with Gasteiger partial charge in [0.15, 0.2) is 0 Å². The van der Waals surface area contributed by atoms with Crippen LogP contribution in [0.25, 0.3) is 0 Å². The number of ether oxygens (including phenoxy) is 1. The Bertz CT molecular complexity index is 506. The summed E-state index contributed by atoms with van der Waals surface area (Å²) >= 11 is 0. The van der Waals surface area contributed by atoms with Gasteiger partial charge in [-0.25, -0.2) is 9.97 Å². The van der Waals surface area contributed by atoms with E-state index in [1.807, 2.05) is 25.7 Å². The maximum absolute atomic E-state index is 11.5. The average Bonchev–Trinajstić information content (AvgIpc) is 2.87. The molecule has 6 heteroatoms. The lowest BCUT2D eigenvalue weighted by molar-refractivity contribution is -0.147. The third-order valence-corrected chi connectivity index (χ3v) is 4.08. The molecule has 2 rings (SSSR count). The number of rotatable bonds is 5. The van der Waals surface area contributed by atoms with Gasteiger partial charge in [0, 0.05) is 13.1 Å². The largest absolute Gasteiger partial charge is 0.481 e. The highest BCUT2D eigenvalue weighted by molar-refractivity contribution is 5.76. The highest BCUT2D eigenvalue weighted by Gasteiger charge is 2.44. The summed E-state index contributed by atoms with van der Waals surface area (Å²) in [6.07, 6.45) is 2.74. The van der Waals surface area contributed by atoms with E-state index in [1.54, 1.807) is 0 Å². The summed E-state index contributed by atoms with van der Waals surface area (Å²) in [7, 11) is 0. The normalized spacial score (nSPS) is 22.1. The van der Waals surface area contributed by atoms with Gasteiger partial charge in [-0.15, -0.1) is 0 Å². The van der Waals surface area contributed by atoms with Gasteiger partial charge in [-0.05, 0) is 26.7 Å². The number of anilines is 1. The van der Waals surface area contributed by atoms with Crippen molar-refractivity contribution in [2.24, 2.45) is 5.41 Å². The lowest BCUT2D eigenvalue weighted by Crippen LogP contribution is -2.34. The second-order valence-corrected chi connectivity index (χ2v) is 5.17. The lowest BCUT2D eigenvalue weighted by atomic mass is 9.84. The summed E-state index contributed by atoms with van der Waals surface area (Å²) < 4.78 is 5.47. The molecule has 0 saturated carbocycles. The fourth-order valence-electron chi connectivity index (χ4n) is 2.69. The van der Waals surface area contributed by atoms with Gasteiger partial charge in [0.25, 0.3) is 0 Å². The third kappa shape index (κ3) is 2.42. The number of aliphatic carboxylic acids is 1. The number of carboxylic acid groups (broad SMARTS) is 1. The van der Waals surface area contributed by atoms with Crippen LogP contribution in [0.3, 0.4) is 0 Å². The second-order valence-electron chi connectivity index (χ2n) is 5.17. The van der Waals surface area contributed by atoms with Crippen LogP contribution in [0.5, 0.6) is 5.88 Å². The molecule has 1 aromatic heterocycles. The molecule has 1 aliphatic heterocycles. The number of nitrogens with zero attached hydrogens (tertiary/aromatic N) is 3. The van der Waals surface area contributed by atoms with Crippen molar-refractivity contribution in [2.45, 2.75) is 33.6 Å². The summed E-state index contributed by atoms with van der Waals surface area (Å²) in [5, 5.41) is 9.45. The van der Waals surface area contributed by atoms with Gasteiger partial charge >= 0.3 is 5.97 Å². The summed E-state index contributed by atoms with van der Waals surface area (Å²) in [4.78, 5) is 21.9. The topological polar surface area (TPSA) is 75.6 Å². The summed E-state index contributed by atoms with van der Waals surface area (Å²) in [6.45, 7) is 7.48. The predicted molar refractivity (Wildman–Crippen MR) is 75.1 cm³/mol. The van der Waals surface area contributed by atoms with Gasteiger partial charge in [-0.3, -0.25) is 4.79 Å². The molecule has 1 atom stereocenters. The third-order valence-electron chi connectivity index (χ3n) is 4.08. The van der Waals surface area contributed by atoms with Crippen LogP contribution >= 0.6 is 0 Å². The zero-order valence-corrected chi connectivity index (χ0v) is 12.2. The molecule has 1 unspecified atom stereocenters. The standard InChI is InChI=1S/C14H21N3O3/c1-4-14(13(18)19)6-7-17(8-14)11-10(3)12(20-5-2)16-9-15-11/h9H,4-8H2,1-3H3,(H,18,19). The lowest BCUT2D eigenvalue weighted by Gasteiger charge is -2.24. The molecule has 0 radical (unpaired) electrons. The maximum Gasteiger partial charge on any atom is 0.311 e. The number of carboxylic acids is 1. The zero-order valence-electron chi connectivity index (χ0n) is 12.2. The van der Waals surface area contributed by atoms with Gasteiger partial charge in [0.2, 0.25) is 5.88 Å². The molecule has 0 aromatic carbocycles. The van der Waals surface area contributed by atoms with Crippen LogP contribution in [0.15, 0.2) is 6.33 Å². The first-order chi connectivity index (χ1) is 9.54. The minimum atomic E-state index is -0.723. The molecule has 1 saturated heterocycles. The van der Waals surface area contributed by atoms with Crippen molar-refractivity contribution in [1.82, 2.24) is 9.97 Å². The van der Waals surface area contributed by atoms with Gasteiger partial charge in [0.1, 0.15) is 12.1 Å². The van der Waals surface area contributed by atoms with Crippen molar-refractivity contribution in [1.29, 1.82) is 0 Å². The van der Waals surface area contributed by atoms with E-state index in [0.717, 1.165) is 11.4 Å². The molecule has 110 valence electrons. The average molecular weight is 279 g/mol. The van der Waals surface area contributed by atoms with Crippen molar-refractivity contribution in [3.63, 3.8) is 0 Å². The Kier molecular flexibility index (Phi) is 4.11. The first-order valence-corrected chi connectivity index (χ1v) is 6.97. The molecule has 1 fully saturated rings. The Morgan fingerprint density at radius 2 is 2.25 bits per heavy atom. The minimum absolute atomic E-state index is 0.488. The van der Waals surface area contributed by atoms with Crippen LogP contribution in [-0.2, 0) is 4.79 Å². The molecule has 1 N–H and O–H groups in total. The molecule has 2 heterocycles. The quantitative estimate of drug-likeness (QED) is 0.887. The van der Waals surface area contributed by atoms with Crippen LogP contribution < -0.4 is 9.64 Å². The van der Waals surface area contributed by atoms with Gasteiger partial charge in [-0.1, -0.05) is 6.92 Å². The summed E-state index contributed by atoms with van der Waals surface area (Å²) in [6, 6.07) is 0. The van der Waals surface area contributed by atoms with Crippen LogP contribution in [-0.4, -0.2) is 40.7 Å². The Labute approximate surface area is 118 Å². The summed E-state index contributed by atoms with van der Waals surface area (Å²) in [5.74, 6) is 0.626. The number of carbonyl (C=O) groups is 1. The number of hydrogen-bond acceptors (Lipinski definition) is 5. The zero-order chi connectivity index (χ0) is 14.8. The van der Waals surface area contributed by atoms with Crippen molar-refractivity contribution in [2.75, 3.05) is 24.6 Å².